The van der Waals surface area contributed by atoms with Crippen LogP contribution >= 0.6 is 22.9 Å². The first-order valence-corrected chi connectivity index (χ1v) is 9.51. The molecule has 0 saturated carbocycles. The van der Waals surface area contributed by atoms with Crippen LogP contribution in [0.25, 0.3) is 10.6 Å². The molecule has 1 aliphatic heterocycles. The zero-order valence-corrected chi connectivity index (χ0v) is 15.5. The van der Waals surface area contributed by atoms with Crippen LogP contribution in [0.1, 0.15) is 30.3 Å². The molecule has 5 nitrogen and oxygen atoms in total. The summed E-state index contributed by atoms with van der Waals surface area (Å²) >= 11 is 7.33. The molecule has 1 saturated heterocycles. The summed E-state index contributed by atoms with van der Waals surface area (Å²) in [5.41, 5.74) is 1.34. The zero-order valence-electron chi connectivity index (χ0n) is 13.9. The average Bonchev–Trinajstić information content (AvgIpc) is 3.12. The van der Waals surface area contributed by atoms with Crippen LogP contribution in [0.3, 0.4) is 0 Å². The predicted octanol–water partition coefficient (Wildman–Crippen LogP) is 3.88. The second-order valence-electron chi connectivity index (χ2n) is 5.89. The Morgan fingerprint density at radius 1 is 1.36 bits per heavy atom. The molecule has 1 aromatic carbocycles. The van der Waals surface area contributed by atoms with Crippen molar-refractivity contribution in [1.82, 2.24) is 9.88 Å². The van der Waals surface area contributed by atoms with Crippen LogP contribution in [0.2, 0.25) is 5.02 Å². The van der Waals surface area contributed by atoms with Gasteiger partial charge in [0, 0.05) is 29.1 Å². The number of ether oxygens (including phenoxy) is 1. The number of hydrogen-bond acceptors (Lipinski definition) is 5. The molecule has 0 aliphatic carbocycles. The zero-order chi connectivity index (χ0) is 17.8. The first-order valence-electron chi connectivity index (χ1n) is 8.26. The van der Waals surface area contributed by atoms with E-state index in [0.29, 0.717) is 30.4 Å². The molecule has 1 fully saturated rings. The third-order valence-electron chi connectivity index (χ3n) is 4.14. The van der Waals surface area contributed by atoms with E-state index in [1.54, 1.807) is 29.3 Å². The van der Waals surface area contributed by atoms with Gasteiger partial charge < -0.3 is 9.64 Å². The summed E-state index contributed by atoms with van der Waals surface area (Å²) in [7, 11) is 0. The fraction of sp³-hybridized carbons (Fsp3) is 0.389. The maximum absolute atomic E-state index is 12.7. The number of aromatic nitrogens is 1. The van der Waals surface area contributed by atoms with E-state index < -0.39 is 0 Å². The van der Waals surface area contributed by atoms with Gasteiger partial charge >= 0.3 is 5.97 Å². The Morgan fingerprint density at radius 2 is 2.12 bits per heavy atom. The summed E-state index contributed by atoms with van der Waals surface area (Å²) in [6, 6.07) is 7.36. The molecule has 3 rings (SSSR count). The minimum Gasteiger partial charge on any atom is -0.466 e. The summed E-state index contributed by atoms with van der Waals surface area (Å²) in [6.07, 6.45) is 1.55. The first-order chi connectivity index (χ1) is 12.1. The van der Waals surface area contributed by atoms with Crippen molar-refractivity contribution in [2.75, 3.05) is 19.7 Å². The number of carbonyl (C=O) groups is 2. The number of halogens is 1. The van der Waals surface area contributed by atoms with E-state index in [1.165, 1.54) is 11.3 Å². The number of likely N-dealkylation sites (tertiary alicyclic amines) is 1. The largest absolute Gasteiger partial charge is 0.466 e. The Hall–Kier alpha value is -1.92. The van der Waals surface area contributed by atoms with Crippen molar-refractivity contribution < 1.29 is 14.3 Å². The SMILES string of the molecule is CCOC(=O)[C@@H]1CCCN(C(=O)c2csc(-c3ccc(Cl)cc3)n2)C1. The average molecular weight is 379 g/mol. The summed E-state index contributed by atoms with van der Waals surface area (Å²) < 4.78 is 5.09. The van der Waals surface area contributed by atoms with Crippen molar-refractivity contribution in [2.45, 2.75) is 19.8 Å². The smallest absolute Gasteiger partial charge is 0.310 e. The van der Waals surface area contributed by atoms with E-state index >= 15 is 0 Å². The topological polar surface area (TPSA) is 59.5 Å². The molecule has 25 heavy (non-hydrogen) atoms. The molecule has 0 bridgehead atoms. The fourth-order valence-corrected chi connectivity index (χ4v) is 3.80. The molecule has 0 N–H and O–H groups in total. The summed E-state index contributed by atoms with van der Waals surface area (Å²) in [5, 5.41) is 3.20. The van der Waals surface area contributed by atoms with Crippen LogP contribution in [0.4, 0.5) is 0 Å². The van der Waals surface area contributed by atoms with E-state index in [1.807, 2.05) is 12.1 Å². The predicted molar refractivity (Wildman–Crippen MR) is 97.8 cm³/mol. The number of piperidine rings is 1. The van der Waals surface area contributed by atoms with Gasteiger partial charge in [0.2, 0.25) is 0 Å². The minimum absolute atomic E-state index is 0.134. The van der Waals surface area contributed by atoms with Crippen LogP contribution in [0.15, 0.2) is 29.6 Å². The number of hydrogen-bond donors (Lipinski definition) is 0. The van der Waals surface area contributed by atoms with Gasteiger partial charge in [-0.15, -0.1) is 11.3 Å². The molecule has 1 aromatic heterocycles. The molecule has 7 heteroatoms. The molecule has 0 unspecified atom stereocenters. The van der Waals surface area contributed by atoms with Crippen LogP contribution < -0.4 is 0 Å². The second kappa shape index (κ2) is 7.97. The third-order valence-corrected chi connectivity index (χ3v) is 5.29. The Morgan fingerprint density at radius 3 is 2.84 bits per heavy atom. The van der Waals surface area contributed by atoms with Crippen molar-refractivity contribution in [2.24, 2.45) is 5.92 Å². The van der Waals surface area contributed by atoms with Gasteiger partial charge in [0.1, 0.15) is 10.7 Å². The molecule has 2 heterocycles. The number of carbonyl (C=O) groups excluding carboxylic acids is 2. The molecule has 1 atom stereocenters. The molecule has 1 amide bonds. The van der Waals surface area contributed by atoms with Gasteiger partial charge in [-0.3, -0.25) is 9.59 Å². The molecule has 1 aliphatic rings. The highest BCUT2D eigenvalue weighted by atomic mass is 35.5. The van der Waals surface area contributed by atoms with E-state index in [2.05, 4.69) is 4.98 Å². The lowest BCUT2D eigenvalue weighted by Gasteiger charge is -2.31. The highest BCUT2D eigenvalue weighted by Crippen LogP contribution is 2.26. The van der Waals surface area contributed by atoms with Gasteiger partial charge in [-0.2, -0.15) is 0 Å². The maximum atomic E-state index is 12.7. The van der Waals surface area contributed by atoms with Gasteiger partial charge in [-0.25, -0.2) is 4.98 Å². The van der Waals surface area contributed by atoms with Gasteiger partial charge in [-0.1, -0.05) is 23.7 Å². The van der Waals surface area contributed by atoms with Crippen LogP contribution in [-0.4, -0.2) is 41.5 Å². The van der Waals surface area contributed by atoms with Crippen molar-refractivity contribution in [1.29, 1.82) is 0 Å². The van der Waals surface area contributed by atoms with Crippen LogP contribution in [0, 0.1) is 5.92 Å². The minimum atomic E-state index is -0.243. The normalized spacial score (nSPS) is 17.4. The molecular weight excluding hydrogens is 360 g/mol. The lowest BCUT2D eigenvalue weighted by molar-refractivity contribution is -0.149. The standard InChI is InChI=1S/C18H19ClN2O3S/c1-2-24-18(23)13-4-3-9-21(10-13)17(22)15-11-25-16(20-15)12-5-7-14(19)8-6-12/h5-8,11,13H,2-4,9-10H2,1H3/t13-/m1/s1. The summed E-state index contributed by atoms with van der Waals surface area (Å²) in [5.74, 6) is -0.599. The van der Waals surface area contributed by atoms with E-state index in [0.717, 1.165) is 23.4 Å². The number of amides is 1. The van der Waals surface area contributed by atoms with Gasteiger partial charge in [0.05, 0.1) is 12.5 Å². The number of nitrogens with zero attached hydrogens (tertiary/aromatic N) is 2. The van der Waals surface area contributed by atoms with E-state index in [-0.39, 0.29) is 17.8 Å². The number of rotatable bonds is 4. The highest BCUT2D eigenvalue weighted by molar-refractivity contribution is 7.13. The highest BCUT2D eigenvalue weighted by Gasteiger charge is 2.30. The van der Waals surface area contributed by atoms with Crippen LogP contribution in [-0.2, 0) is 9.53 Å². The lowest BCUT2D eigenvalue weighted by Crippen LogP contribution is -2.42. The molecular formula is C18H19ClN2O3S. The van der Waals surface area contributed by atoms with E-state index in [4.69, 9.17) is 16.3 Å². The lowest BCUT2D eigenvalue weighted by atomic mass is 9.98. The Kier molecular flexibility index (Phi) is 5.71. The first kappa shape index (κ1) is 17.9. The third kappa shape index (κ3) is 4.19. The molecule has 0 radical (unpaired) electrons. The van der Waals surface area contributed by atoms with E-state index in [9.17, 15) is 9.59 Å². The number of benzene rings is 1. The number of esters is 1. The van der Waals surface area contributed by atoms with Crippen LogP contribution in [0.5, 0.6) is 0 Å². The van der Waals surface area contributed by atoms with Crippen molar-refractivity contribution in [3.05, 3.63) is 40.4 Å². The molecule has 2 aromatic rings. The summed E-state index contributed by atoms with van der Waals surface area (Å²) in [6.45, 7) is 3.19. The molecule has 132 valence electrons. The van der Waals surface area contributed by atoms with Gasteiger partial charge in [0.15, 0.2) is 0 Å². The number of thiazole rings is 1. The Bertz CT molecular complexity index is 760. The maximum Gasteiger partial charge on any atom is 0.310 e. The van der Waals surface area contributed by atoms with Crippen molar-refractivity contribution >= 4 is 34.8 Å². The Balaban J connectivity index is 1.70. The fourth-order valence-electron chi connectivity index (χ4n) is 2.87. The quantitative estimate of drug-likeness (QED) is 0.757. The van der Waals surface area contributed by atoms with Crippen molar-refractivity contribution in [3.63, 3.8) is 0 Å². The molecule has 0 spiro atoms. The second-order valence-corrected chi connectivity index (χ2v) is 7.18. The monoisotopic (exact) mass is 378 g/mol. The Labute approximate surface area is 155 Å². The van der Waals surface area contributed by atoms with Crippen molar-refractivity contribution in [3.8, 4) is 10.6 Å². The summed E-state index contributed by atoms with van der Waals surface area (Å²) in [4.78, 5) is 30.8. The van der Waals surface area contributed by atoms with Gasteiger partial charge in [0.25, 0.3) is 5.91 Å². The van der Waals surface area contributed by atoms with Gasteiger partial charge in [-0.05, 0) is 31.9 Å².